The Labute approximate surface area is 286 Å². The summed E-state index contributed by atoms with van der Waals surface area (Å²) in [6.07, 6.45) is 28.2. The smallest absolute Gasteiger partial charge is 0.0640 e. The van der Waals surface area contributed by atoms with Gasteiger partial charge in [0.05, 0.1) is 25.4 Å². The lowest BCUT2D eigenvalue weighted by Gasteiger charge is -2.58. The summed E-state index contributed by atoms with van der Waals surface area (Å²) in [7, 11) is 0. The van der Waals surface area contributed by atoms with E-state index in [1.54, 1.807) is 5.57 Å². The van der Waals surface area contributed by atoms with E-state index in [1.165, 1.54) is 103 Å². The van der Waals surface area contributed by atoms with Gasteiger partial charge in [-0.05, 0) is 117 Å². The highest BCUT2D eigenvalue weighted by molar-refractivity contribution is 5.25. The van der Waals surface area contributed by atoms with Crippen LogP contribution >= 0.6 is 0 Å². The molecule has 9 atom stereocenters. The van der Waals surface area contributed by atoms with Gasteiger partial charge in [0.25, 0.3) is 0 Å². The molecule has 0 aliphatic heterocycles. The third-order valence-corrected chi connectivity index (χ3v) is 13.6. The van der Waals surface area contributed by atoms with Gasteiger partial charge in [-0.1, -0.05) is 105 Å². The van der Waals surface area contributed by atoms with Gasteiger partial charge in [0, 0.05) is 19.8 Å². The number of nitrogens with two attached hydrogens (primary N) is 1. The molecule has 0 aromatic heterocycles. The minimum Gasteiger partial charge on any atom is -0.380 e. The summed E-state index contributed by atoms with van der Waals surface area (Å²) in [4.78, 5) is 0. The highest BCUT2D eigenvalue weighted by Gasteiger charge is 2.59. The van der Waals surface area contributed by atoms with Crippen molar-refractivity contribution in [2.24, 2.45) is 52.1 Å². The third-order valence-electron chi connectivity index (χ3n) is 13.6. The minimum atomic E-state index is -0.0209. The second kappa shape index (κ2) is 19.1. The van der Waals surface area contributed by atoms with E-state index in [0.717, 1.165) is 74.6 Å². The number of rotatable bonds is 22. The maximum atomic E-state index is 6.48. The Morgan fingerprint density at radius 3 is 2.22 bits per heavy atom. The van der Waals surface area contributed by atoms with Gasteiger partial charge in [0.15, 0.2) is 0 Å². The zero-order valence-corrected chi connectivity index (χ0v) is 31.5. The summed E-state index contributed by atoms with van der Waals surface area (Å²) < 4.78 is 18.1. The predicted octanol–water partition coefficient (Wildman–Crippen LogP) is 10.9. The van der Waals surface area contributed by atoms with Crippen molar-refractivity contribution in [2.45, 2.75) is 176 Å². The van der Waals surface area contributed by atoms with Crippen molar-refractivity contribution in [2.75, 3.05) is 33.0 Å². The SMILES string of the molecule is CCCCCCCCOCC(N)COCCCCO[C@H]1CC[C@@]2(C)C(=CC[C@H]3[C@@H]4CC[C@H](C(C)CCCC(C)C)[C@@]4(C)CC[C@@H]32)C1. The van der Waals surface area contributed by atoms with Crippen molar-refractivity contribution in [3.8, 4) is 0 Å². The molecule has 268 valence electrons. The van der Waals surface area contributed by atoms with Crippen LogP contribution in [0.3, 0.4) is 0 Å². The van der Waals surface area contributed by atoms with Gasteiger partial charge in [0.1, 0.15) is 0 Å². The Hall–Kier alpha value is -0.420. The lowest BCUT2D eigenvalue weighted by molar-refractivity contribution is -0.0643. The molecule has 46 heavy (non-hydrogen) atoms. The highest BCUT2D eigenvalue weighted by Crippen LogP contribution is 2.67. The molecule has 2 N–H and O–H groups in total. The zero-order chi connectivity index (χ0) is 33.0. The van der Waals surface area contributed by atoms with E-state index in [1.807, 2.05) is 0 Å². The molecular weight excluding hydrogens is 566 g/mol. The minimum absolute atomic E-state index is 0.0209. The number of unbranched alkanes of at least 4 members (excludes halogenated alkanes) is 6. The van der Waals surface area contributed by atoms with Crippen LogP contribution in [-0.2, 0) is 14.2 Å². The largest absolute Gasteiger partial charge is 0.380 e. The van der Waals surface area contributed by atoms with E-state index in [-0.39, 0.29) is 6.04 Å². The first-order valence-electron chi connectivity index (χ1n) is 20.4. The Morgan fingerprint density at radius 2 is 1.48 bits per heavy atom. The number of hydrogen-bond donors (Lipinski definition) is 1. The van der Waals surface area contributed by atoms with Crippen LogP contribution < -0.4 is 5.73 Å². The van der Waals surface area contributed by atoms with Crippen LogP contribution in [-0.4, -0.2) is 45.2 Å². The molecule has 3 fully saturated rings. The summed E-state index contributed by atoms with van der Waals surface area (Å²) in [6.45, 7) is 18.6. The zero-order valence-electron chi connectivity index (χ0n) is 31.5. The van der Waals surface area contributed by atoms with Crippen LogP contribution in [0.2, 0.25) is 0 Å². The molecular formula is C42H77NO3. The summed E-state index contributed by atoms with van der Waals surface area (Å²) in [5.74, 6) is 5.44. The average Bonchev–Trinajstić information content (AvgIpc) is 3.39. The van der Waals surface area contributed by atoms with Gasteiger partial charge >= 0.3 is 0 Å². The van der Waals surface area contributed by atoms with Crippen molar-refractivity contribution < 1.29 is 14.2 Å². The van der Waals surface area contributed by atoms with E-state index in [9.17, 15) is 0 Å². The summed E-state index contributed by atoms with van der Waals surface area (Å²) in [5, 5.41) is 0. The first-order chi connectivity index (χ1) is 22.2. The Balaban J connectivity index is 1.10. The molecule has 4 heteroatoms. The lowest BCUT2D eigenvalue weighted by Crippen LogP contribution is -2.51. The second-order valence-corrected chi connectivity index (χ2v) is 17.4. The van der Waals surface area contributed by atoms with Crippen LogP contribution in [0.25, 0.3) is 0 Å². The van der Waals surface area contributed by atoms with Gasteiger partial charge in [-0.15, -0.1) is 0 Å². The molecule has 4 aliphatic carbocycles. The molecule has 0 bridgehead atoms. The fourth-order valence-electron chi connectivity index (χ4n) is 10.9. The molecule has 3 saturated carbocycles. The molecule has 0 saturated heterocycles. The van der Waals surface area contributed by atoms with Crippen LogP contribution in [0.4, 0.5) is 0 Å². The Kier molecular flexibility index (Phi) is 15.9. The van der Waals surface area contributed by atoms with Gasteiger partial charge in [0.2, 0.25) is 0 Å². The van der Waals surface area contributed by atoms with Gasteiger partial charge < -0.3 is 19.9 Å². The third kappa shape index (κ3) is 10.3. The first-order valence-corrected chi connectivity index (χ1v) is 20.4. The topological polar surface area (TPSA) is 53.7 Å². The maximum Gasteiger partial charge on any atom is 0.0640 e. The monoisotopic (exact) mass is 644 g/mol. The van der Waals surface area contributed by atoms with Crippen molar-refractivity contribution in [1.82, 2.24) is 0 Å². The Morgan fingerprint density at radius 1 is 0.783 bits per heavy atom. The lowest BCUT2D eigenvalue weighted by atomic mass is 9.47. The molecule has 0 aromatic carbocycles. The number of hydrogen-bond acceptors (Lipinski definition) is 4. The van der Waals surface area contributed by atoms with E-state index in [0.29, 0.717) is 30.1 Å². The van der Waals surface area contributed by atoms with Gasteiger partial charge in [-0.3, -0.25) is 0 Å². The standard InChI is InChI=1S/C42H77NO3/c1-7-8-9-10-11-12-26-44-30-35(43)31-45-27-13-14-28-46-36-22-24-41(5)34(29-36)18-19-37-39-21-20-38(33(4)17-15-16-32(2)3)42(39,6)25-23-40(37)41/h18,32-33,35-40H,7-17,19-31,43H2,1-6H3/t33?,35?,36-,37-,38+,39-,40-,41-,42+/m0/s1. The highest BCUT2D eigenvalue weighted by atomic mass is 16.5. The van der Waals surface area contributed by atoms with Gasteiger partial charge in [-0.2, -0.15) is 0 Å². The van der Waals surface area contributed by atoms with E-state index < -0.39 is 0 Å². The van der Waals surface area contributed by atoms with Crippen LogP contribution in [0, 0.1) is 46.3 Å². The molecule has 0 spiro atoms. The fourth-order valence-corrected chi connectivity index (χ4v) is 10.9. The molecule has 0 radical (unpaired) electrons. The number of allylic oxidation sites excluding steroid dienone is 1. The summed E-state index contributed by atoms with van der Waals surface area (Å²) in [5.41, 5.74) is 8.93. The van der Waals surface area contributed by atoms with Crippen LogP contribution in [0.15, 0.2) is 11.6 Å². The van der Waals surface area contributed by atoms with Gasteiger partial charge in [-0.25, -0.2) is 0 Å². The van der Waals surface area contributed by atoms with E-state index >= 15 is 0 Å². The molecule has 2 unspecified atom stereocenters. The quantitative estimate of drug-likeness (QED) is 0.0942. The predicted molar refractivity (Wildman–Crippen MR) is 195 cm³/mol. The van der Waals surface area contributed by atoms with Crippen molar-refractivity contribution in [3.05, 3.63) is 11.6 Å². The van der Waals surface area contributed by atoms with E-state index in [2.05, 4.69) is 47.6 Å². The molecule has 4 aliphatic rings. The molecule has 4 rings (SSSR count). The fraction of sp³-hybridized carbons (Fsp3) is 0.952. The normalized spacial score (nSPS) is 33.7. The molecule has 0 heterocycles. The molecule has 4 nitrogen and oxygen atoms in total. The summed E-state index contributed by atoms with van der Waals surface area (Å²) >= 11 is 0. The maximum absolute atomic E-state index is 6.48. The van der Waals surface area contributed by atoms with E-state index in [4.69, 9.17) is 19.9 Å². The first kappa shape index (κ1) is 38.4. The molecule has 0 amide bonds. The van der Waals surface area contributed by atoms with Crippen molar-refractivity contribution >= 4 is 0 Å². The summed E-state index contributed by atoms with van der Waals surface area (Å²) in [6, 6.07) is -0.0209. The molecule has 0 aromatic rings. The van der Waals surface area contributed by atoms with Crippen LogP contribution in [0.1, 0.15) is 164 Å². The second-order valence-electron chi connectivity index (χ2n) is 17.4. The number of fused-ring (bicyclic) bond motifs is 5. The van der Waals surface area contributed by atoms with Crippen molar-refractivity contribution in [1.29, 1.82) is 0 Å². The Bertz CT molecular complexity index is 888. The number of ether oxygens (including phenoxy) is 3. The van der Waals surface area contributed by atoms with Crippen LogP contribution in [0.5, 0.6) is 0 Å². The average molecular weight is 644 g/mol. The van der Waals surface area contributed by atoms with Crippen molar-refractivity contribution in [3.63, 3.8) is 0 Å².